The van der Waals surface area contributed by atoms with Crippen molar-refractivity contribution in [1.29, 1.82) is 0 Å². The highest BCUT2D eigenvalue weighted by Crippen LogP contribution is 2.34. The number of para-hydroxylation sites is 1. The van der Waals surface area contributed by atoms with Crippen LogP contribution < -0.4 is 11.1 Å². The molecule has 158 valence electrons. The minimum atomic E-state index is -4.04. The van der Waals surface area contributed by atoms with Crippen LogP contribution in [0.25, 0.3) is 0 Å². The van der Waals surface area contributed by atoms with Crippen LogP contribution >= 0.6 is 11.8 Å². The largest absolute Gasteiger partial charge is 0.383 e. The number of carbonyl (C=O) groups is 1. The summed E-state index contributed by atoms with van der Waals surface area (Å²) in [4.78, 5) is 12.2. The Morgan fingerprint density at radius 2 is 1.87 bits per heavy atom. The van der Waals surface area contributed by atoms with Crippen LogP contribution in [0, 0.1) is 5.82 Å². The first-order valence-electron chi connectivity index (χ1n) is 9.06. The molecule has 7 nitrogen and oxygen atoms in total. The van der Waals surface area contributed by atoms with Crippen LogP contribution in [0.4, 0.5) is 15.9 Å². The normalized spacial score (nSPS) is 11.4. The summed E-state index contributed by atoms with van der Waals surface area (Å²) in [6, 6.07) is 11.9. The van der Waals surface area contributed by atoms with Gasteiger partial charge in [0.1, 0.15) is 28.1 Å². The summed E-state index contributed by atoms with van der Waals surface area (Å²) >= 11 is 1.10. The fourth-order valence-electron chi connectivity index (χ4n) is 2.95. The molecule has 0 bridgehead atoms. The number of amides is 1. The highest BCUT2D eigenvalue weighted by atomic mass is 32.2. The number of benzene rings is 2. The molecule has 0 saturated carbocycles. The van der Waals surface area contributed by atoms with Gasteiger partial charge in [0.15, 0.2) is 0 Å². The Bertz CT molecular complexity index is 1180. The maximum atomic E-state index is 13.2. The van der Waals surface area contributed by atoms with Gasteiger partial charge in [-0.05, 0) is 48.6 Å². The number of halogens is 1. The number of carbonyl (C=O) groups excluding carboxylic acids is 1. The maximum absolute atomic E-state index is 13.2. The molecule has 0 fully saturated rings. The summed E-state index contributed by atoms with van der Waals surface area (Å²) < 4.78 is 40.5. The second-order valence-electron chi connectivity index (χ2n) is 6.40. The second-order valence-corrected chi connectivity index (χ2v) is 9.08. The SMILES string of the molecule is CCc1ccccc1NC(=O)Cn1nc(SC)c(S(=O)(=O)c2ccc(F)cc2)c1N. The molecule has 2 aromatic carbocycles. The Labute approximate surface area is 178 Å². The Kier molecular flexibility index (Phi) is 6.47. The van der Waals surface area contributed by atoms with E-state index < -0.39 is 15.7 Å². The third-order valence-electron chi connectivity index (χ3n) is 4.47. The summed E-state index contributed by atoms with van der Waals surface area (Å²) in [5.74, 6) is -1.09. The molecule has 0 radical (unpaired) electrons. The molecular weight excluding hydrogens is 427 g/mol. The Morgan fingerprint density at radius 1 is 1.20 bits per heavy atom. The summed E-state index contributed by atoms with van der Waals surface area (Å²) in [6.45, 7) is 1.73. The Balaban J connectivity index is 1.92. The van der Waals surface area contributed by atoms with Crippen LogP contribution in [-0.4, -0.2) is 30.4 Å². The fourth-order valence-corrected chi connectivity index (χ4v) is 5.38. The van der Waals surface area contributed by atoms with Crippen molar-refractivity contribution in [2.45, 2.75) is 34.7 Å². The topological polar surface area (TPSA) is 107 Å². The van der Waals surface area contributed by atoms with Gasteiger partial charge in [-0.3, -0.25) is 4.79 Å². The lowest BCUT2D eigenvalue weighted by Crippen LogP contribution is -2.21. The Morgan fingerprint density at radius 3 is 2.50 bits per heavy atom. The number of nitrogens with one attached hydrogen (secondary N) is 1. The quantitative estimate of drug-likeness (QED) is 0.424. The number of rotatable bonds is 7. The van der Waals surface area contributed by atoms with Gasteiger partial charge in [-0.2, -0.15) is 5.10 Å². The van der Waals surface area contributed by atoms with Crippen molar-refractivity contribution in [2.75, 3.05) is 17.3 Å². The minimum absolute atomic E-state index is 0.105. The van der Waals surface area contributed by atoms with Crippen LogP contribution in [0.15, 0.2) is 63.3 Å². The van der Waals surface area contributed by atoms with Crippen molar-refractivity contribution < 1.29 is 17.6 Å². The molecule has 0 spiro atoms. The first-order chi connectivity index (χ1) is 14.3. The third-order valence-corrected chi connectivity index (χ3v) is 7.10. The van der Waals surface area contributed by atoms with Crippen molar-refractivity contribution >= 4 is 39.0 Å². The van der Waals surface area contributed by atoms with E-state index in [1.807, 2.05) is 25.1 Å². The smallest absolute Gasteiger partial charge is 0.246 e. The minimum Gasteiger partial charge on any atom is -0.383 e. The molecule has 3 aromatic rings. The summed E-state index contributed by atoms with van der Waals surface area (Å²) in [7, 11) is -4.04. The van der Waals surface area contributed by atoms with Gasteiger partial charge in [0.25, 0.3) is 0 Å². The van der Waals surface area contributed by atoms with Gasteiger partial charge >= 0.3 is 0 Å². The molecule has 0 aliphatic carbocycles. The number of hydrogen-bond acceptors (Lipinski definition) is 6. The molecule has 3 rings (SSSR count). The number of nitrogens with zero attached hydrogens (tertiary/aromatic N) is 2. The molecule has 0 unspecified atom stereocenters. The first kappa shape index (κ1) is 21.8. The summed E-state index contributed by atoms with van der Waals surface area (Å²) in [5.41, 5.74) is 7.74. The molecule has 0 aliphatic rings. The highest BCUT2D eigenvalue weighted by molar-refractivity contribution is 7.99. The van der Waals surface area contributed by atoms with E-state index in [9.17, 15) is 17.6 Å². The van der Waals surface area contributed by atoms with Gasteiger partial charge in [-0.15, -0.1) is 11.8 Å². The zero-order valence-electron chi connectivity index (χ0n) is 16.4. The zero-order valence-corrected chi connectivity index (χ0v) is 18.1. The summed E-state index contributed by atoms with van der Waals surface area (Å²) in [6.07, 6.45) is 2.41. The molecule has 10 heteroatoms. The lowest BCUT2D eigenvalue weighted by molar-refractivity contribution is -0.116. The van der Waals surface area contributed by atoms with E-state index in [1.54, 1.807) is 12.3 Å². The molecule has 0 saturated heterocycles. The van der Waals surface area contributed by atoms with Crippen molar-refractivity contribution in [3.8, 4) is 0 Å². The van der Waals surface area contributed by atoms with E-state index in [0.717, 1.165) is 40.6 Å². The third kappa shape index (κ3) is 4.34. The summed E-state index contributed by atoms with van der Waals surface area (Å²) in [5, 5.41) is 7.17. The van der Waals surface area contributed by atoms with E-state index in [-0.39, 0.29) is 33.1 Å². The molecule has 0 aliphatic heterocycles. The van der Waals surface area contributed by atoms with E-state index in [2.05, 4.69) is 10.4 Å². The first-order valence-corrected chi connectivity index (χ1v) is 11.8. The second kappa shape index (κ2) is 8.88. The van der Waals surface area contributed by atoms with Crippen molar-refractivity contribution in [3.63, 3.8) is 0 Å². The molecule has 30 heavy (non-hydrogen) atoms. The van der Waals surface area contributed by atoms with Crippen molar-refractivity contribution in [3.05, 3.63) is 59.9 Å². The number of nitrogen functional groups attached to an aromatic ring is 1. The predicted molar refractivity (Wildman–Crippen MR) is 115 cm³/mol. The van der Waals surface area contributed by atoms with Crippen LogP contribution in [0.3, 0.4) is 0 Å². The lowest BCUT2D eigenvalue weighted by Gasteiger charge is -2.10. The monoisotopic (exact) mass is 448 g/mol. The van der Waals surface area contributed by atoms with E-state index in [4.69, 9.17) is 5.73 Å². The highest BCUT2D eigenvalue weighted by Gasteiger charge is 2.29. The molecule has 0 atom stereocenters. The zero-order chi connectivity index (χ0) is 21.9. The molecule has 1 heterocycles. The maximum Gasteiger partial charge on any atom is 0.246 e. The molecule has 3 N–H and O–H groups in total. The average Bonchev–Trinajstić information content (AvgIpc) is 3.04. The van der Waals surface area contributed by atoms with Gasteiger partial charge in [0, 0.05) is 5.69 Å². The van der Waals surface area contributed by atoms with Crippen LogP contribution in [0.2, 0.25) is 0 Å². The number of aromatic nitrogens is 2. The van der Waals surface area contributed by atoms with Crippen molar-refractivity contribution in [2.24, 2.45) is 0 Å². The van der Waals surface area contributed by atoms with Gasteiger partial charge in [0.05, 0.1) is 4.90 Å². The molecule has 1 aromatic heterocycles. The van der Waals surface area contributed by atoms with Gasteiger partial charge in [-0.1, -0.05) is 25.1 Å². The van der Waals surface area contributed by atoms with E-state index in [0.29, 0.717) is 5.69 Å². The van der Waals surface area contributed by atoms with Crippen molar-refractivity contribution in [1.82, 2.24) is 9.78 Å². The lowest BCUT2D eigenvalue weighted by atomic mass is 10.1. The van der Waals surface area contributed by atoms with Gasteiger partial charge < -0.3 is 11.1 Å². The standard InChI is InChI=1S/C20H21FN4O3S2/c1-3-13-6-4-5-7-16(13)23-17(26)12-25-19(22)18(20(24-25)29-2)30(27,28)15-10-8-14(21)9-11-15/h4-11H,3,12,22H2,1-2H3,(H,23,26). The molecular formula is C20H21FN4O3S2. The van der Waals surface area contributed by atoms with Crippen LogP contribution in [-0.2, 0) is 27.6 Å². The predicted octanol–water partition coefficient (Wildman–Crippen LogP) is 3.36. The van der Waals surface area contributed by atoms with E-state index >= 15 is 0 Å². The van der Waals surface area contributed by atoms with Crippen LogP contribution in [0.1, 0.15) is 12.5 Å². The number of aryl methyl sites for hydroxylation is 1. The molecule has 1 amide bonds. The van der Waals surface area contributed by atoms with Crippen LogP contribution in [0.5, 0.6) is 0 Å². The fraction of sp³-hybridized carbons (Fsp3) is 0.200. The van der Waals surface area contributed by atoms with Gasteiger partial charge in [-0.25, -0.2) is 17.5 Å². The average molecular weight is 449 g/mol. The number of anilines is 2. The number of nitrogens with two attached hydrogens (primary N) is 1. The van der Waals surface area contributed by atoms with E-state index in [1.165, 1.54) is 12.1 Å². The number of hydrogen-bond donors (Lipinski definition) is 2. The number of thioether (sulfide) groups is 1. The number of sulfone groups is 1. The Hall–Kier alpha value is -2.85. The van der Waals surface area contributed by atoms with Gasteiger partial charge in [0.2, 0.25) is 15.7 Å².